The number of likely N-dealkylation sites (tertiary alicyclic amines) is 1. The molecule has 2 fully saturated rings. The van der Waals surface area contributed by atoms with Gasteiger partial charge < -0.3 is 14.7 Å². The SMILES string of the molecule is O=C1CC[C@H](N2Cc3cc(CCC[C@H]4CCCN(CCOc5ccc([C@@H]6c7ccc(O)cc7CC[C@@H]6c6ccccc6)cc5)C4)ccc3C2=O)C(=O)N1. The zero-order valence-corrected chi connectivity index (χ0v) is 30.3. The molecule has 0 unspecified atom stereocenters. The second-order valence-electron chi connectivity index (χ2n) is 15.4. The van der Waals surface area contributed by atoms with Crippen LogP contribution in [0.4, 0.5) is 0 Å². The van der Waals surface area contributed by atoms with Crippen LogP contribution in [-0.4, -0.2) is 64.9 Å². The van der Waals surface area contributed by atoms with Gasteiger partial charge in [0.15, 0.2) is 0 Å². The van der Waals surface area contributed by atoms with Gasteiger partial charge in [-0.25, -0.2) is 0 Å². The number of piperidine rings is 2. The number of ether oxygens (including phenoxy) is 1. The predicted octanol–water partition coefficient (Wildman–Crippen LogP) is 7.13. The summed E-state index contributed by atoms with van der Waals surface area (Å²) in [7, 11) is 0. The van der Waals surface area contributed by atoms with Crippen molar-refractivity contribution in [3.63, 3.8) is 0 Å². The van der Waals surface area contributed by atoms with E-state index in [1.54, 1.807) is 4.90 Å². The Bertz CT molecular complexity index is 1960. The van der Waals surface area contributed by atoms with E-state index in [9.17, 15) is 19.5 Å². The number of carbonyl (C=O) groups is 3. The fourth-order valence-corrected chi connectivity index (χ4v) is 9.31. The van der Waals surface area contributed by atoms with Crippen molar-refractivity contribution in [1.82, 2.24) is 15.1 Å². The van der Waals surface area contributed by atoms with Crippen LogP contribution < -0.4 is 10.1 Å². The molecule has 4 aliphatic rings. The van der Waals surface area contributed by atoms with Gasteiger partial charge in [0, 0.05) is 37.5 Å². The van der Waals surface area contributed by atoms with E-state index in [0.717, 1.165) is 56.6 Å². The van der Waals surface area contributed by atoms with Crippen LogP contribution in [0.15, 0.2) is 91.0 Å². The van der Waals surface area contributed by atoms with Crippen molar-refractivity contribution in [2.75, 3.05) is 26.2 Å². The Kier molecular flexibility index (Phi) is 10.3. The number of benzene rings is 4. The molecule has 8 nitrogen and oxygen atoms in total. The maximum Gasteiger partial charge on any atom is 0.255 e. The van der Waals surface area contributed by atoms with Crippen LogP contribution in [-0.2, 0) is 29.0 Å². The molecular weight excluding hydrogens is 663 g/mol. The fraction of sp³-hybridized carbons (Fsp3) is 0.400. The minimum atomic E-state index is -0.577. The van der Waals surface area contributed by atoms with Gasteiger partial charge in [-0.2, -0.15) is 0 Å². The lowest BCUT2D eigenvalue weighted by atomic mass is 9.69. The van der Waals surface area contributed by atoms with Gasteiger partial charge in [0.2, 0.25) is 11.8 Å². The Hall–Kier alpha value is -4.95. The standard InChI is InChI=1S/C45H49N3O5/c49-36-15-20-39-34(27-36)14-19-38(32-9-2-1-3-10-32)43(39)33-12-16-37(17-13-33)53-25-24-47-23-5-8-31(28-47)7-4-6-30-11-18-40-35(26-30)29-48(45(40)52)41-21-22-42(50)46-44(41)51/h1-3,9-13,15-18,20,26-27,31,38,41,43,49H,4-8,14,19,21-25,28-29H2,(H,46,50,51)/t31-,38+,41-,43-/m0/s1. The van der Waals surface area contributed by atoms with E-state index in [1.807, 2.05) is 18.2 Å². The van der Waals surface area contributed by atoms with E-state index in [1.165, 1.54) is 47.1 Å². The first-order valence-corrected chi connectivity index (χ1v) is 19.5. The fourth-order valence-electron chi connectivity index (χ4n) is 9.31. The van der Waals surface area contributed by atoms with Crippen molar-refractivity contribution in [2.45, 2.75) is 82.2 Å². The normalized spacial score (nSPS) is 23.0. The molecule has 0 saturated carbocycles. The molecule has 0 spiro atoms. The van der Waals surface area contributed by atoms with Gasteiger partial charge in [0.05, 0.1) is 0 Å². The highest BCUT2D eigenvalue weighted by atomic mass is 16.5. The van der Waals surface area contributed by atoms with Gasteiger partial charge in [0.25, 0.3) is 5.91 Å². The lowest BCUT2D eigenvalue weighted by molar-refractivity contribution is -0.136. The summed E-state index contributed by atoms with van der Waals surface area (Å²) in [4.78, 5) is 41.2. The number of amides is 3. The summed E-state index contributed by atoms with van der Waals surface area (Å²) in [6.07, 6.45) is 8.36. The number of aromatic hydroxyl groups is 1. The maximum absolute atomic E-state index is 13.1. The summed E-state index contributed by atoms with van der Waals surface area (Å²) in [6.45, 7) is 4.20. The molecule has 2 N–H and O–H groups in total. The Morgan fingerprint density at radius 1 is 0.830 bits per heavy atom. The number of carbonyl (C=O) groups excluding carboxylic acids is 3. The molecule has 4 atom stereocenters. The predicted molar refractivity (Wildman–Crippen MR) is 204 cm³/mol. The van der Waals surface area contributed by atoms with Crippen LogP contribution in [0, 0.1) is 5.92 Å². The molecule has 4 aromatic rings. The average molecular weight is 712 g/mol. The Labute approximate surface area is 312 Å². The first-order valence-electron chi connectivity index (χ1n) is 19.5. The molecule has 3 amide bonds. The van der Waals surface area contributed by atoms with Crippen LogP contribution in [0.3, 0.4) is 0 Å². The third-order valence-electron chi connectivity index (χ3n) is 12.0. The number of phenols is 1. The summed E-state index contributed by atoms with van der Waals surface area (Å²) in [6, 6.07) is 30.9. The highest BCUT2D eigenvalue weighted by molar-refractivity contribution is 6.05. The average Bonchev–Trinajstić information content (AvgIpc) is 3.50. The number of hydrogen-bond donors (Lipinski definition) is 2. The Morgan fingerprint density at radius 2 is 1.68 bits per heavy atom. The number of phenolic OH excluding ortho intramolecular Hbond substituents is 1. The first-order chi connectivity index (χ1) is 25.9. The minimum absolute atomic E-state index is 0.116. The largest absolute Gasteiger partial charge is 0.508 e. The number of fused-ring (bicyclic) bond motifs is 2. The lowest BCUT2D eigenvalue weighted by Crippen LogP contribution is -2.52. The lowest BCUT2D eigenvalue weighted by Gasteiger charge is -2.35. The van der Waals surface area contributed by atoms with Crippen molar-refractivity contribution in [2.24, 2.45) is 5.92 Å². The second kappa shape index (κ2) is 15.6. The van der Waals surface area contributed by atoms with Crippen molar-refractivity contribution in [3.05, 3.63) is 130 Å². The van der Waals surface area contributed by atoms with Crippen molar-refractivity contribution in [1.29, 1.82) is 0 Å². The highest BCUT2D eigenvalue weighted by Crippen LogP contribution is 2.47. The molecule has 53 heavy (non-hydrogen) atoms. The van der Waals surface area contributed by atoms with E-state index in [2.05, 4.69) is 83.0 Å². The van der Waals surface area contributed by atoms with Crippen molar-refractivity contribution < 1.29 is 24.2 Å². The molecule has 3 aliphatic heterocycles. The van der Waals surface area contributed by atoms with Crippen molar-refractivity contribution >= 4 is 17.7 Å². The van der Waals surface area contributed by atoms with Gasteiger partial charge in [-0.05, 0) is 133 Å². The summed E-state index contributed by atoms with van der Waals surface area (Å²) >= 11 is 0. The quantitative estimate of drug-likeness (QED) is 0.161. The van der Waals surface area contributed by atoms with Gasteiger partial charge >= 0.3 is 0 Å². The first kappa shape index (κ1) is 35.1. The molecule has 274 valence electrons. The zero-order chi connectivity index (χ0) is 36.3. The maximum atomic E-state index is 13.1. The molecule has 3 heterocycles. The number of hydrogen-bond acceptors (Lipinski definition) is 6. The van der Waals surface area contributed by atoms with Gasteiger partial charge in [-0.3, -0.25) is 24.6 Å². The molecule has 2 saturated heterocycles. The van der Waals surface area contributed by atoms with Crippen LogP contribution in [0.2, 0.25) is 0 Å². The third-order valence-corrected chi connectivity index (χ3v) is 12.0. The molecular formula is C45H49N3O5. The van der Waals surface area contributed by atoms with Crippen LogP contribution in [0.5, 0.6) is 11.5 Å². The Morgan fingerprint density at radius 3 is 2.51 bits per heavy atom. The van der Waals surface area contributed by atoms with E-state index < -0.39 is 6.04 Å². The van der Waals surface area contributed by atoms with Crippen molar-refractivity contribution in [3.8, 4) is 11.5 Å². The molecule has 8 heteroatoms. The van der Waals surface area contributed by atoms with Crippen LogP contribution in [0.1, 0.15) is 101 Å². The van der Waals surface area contributed by atoms with E-state index in [-0.39, 0.29) is 30.1 Å². The molecule has 0 bridgehead atoms. The number of rotatable bonds is 11. The highest BCUT2D eigenvalue weighted by Gasteiger charge is 2.39. The molecule has 1 aliphatic carbocycles. The van der Waals surface area contributed by atoms with Crippen LogP contribution >= 0.6 is 0 Å². The van der Waals surface area contributed by atoms with Gasteiger partial charge in [-0.1, -0.05) is 60.7 Å². The second-order valence-corrected chi connectivity index (χ2v) is 15.4. The molecule has 4 aromatic carbocycles. The molecule has 0 aromatic heterocycles. The number of nitrogens with one attached hydrogen (secondary N) is 1. The number of imide groups is 1. The molecule has 8 rings (SSSR count). The van der Waals surface area contributed by atoms with E-state index in [0.29, 0.717) is 42.7 Å². The summed E-state index contributed by atoms with van der Waals surface area (Å²) < 4.78 is 6.28. The van der Waals surface area contributed by atoms with Gasteiger partial charge in [-0.15, -0.1) is 0 Å². The number of aryl methyl sites for hydroxylation is 2. The van der Waals surface area contributed by atoms with E-state index in [4.69, 9.17) is 4.74 Å². The Balaban J connectivity index is 0.811. The van der Waals surface area contributed by atoms with Crippen LogP contribution in [0.25, 0.3) is 0 Å². The summed E-state index contributed by atoms with van der Waals surface area (Å²) in [5.74, 6) is 1.75. The van der Waals surface area contributed by atoms with Gasteiger partial charge in [0.1, 0.15) is 24.1 Å². The minimum Gasteiger partial charge on any atom is -0.508 e. The molecule has 0 radical (unpaired) electrons. The summed E-state index contributed by atoms with van der Waals surface area (Å²) in [5.41, 5.74) is 8.07. The topological polar surface area (TPSA) is 99.2 Å². The zero-order valence-electron chi connectivity index (χ0n) is 30.3. The van der Waals surface area contributed by atoms with E-state index >= 15 is 0 Å². The number of nitrogens with zero attached hydrogens (tertiary/aromatic N) is 2. The summed E-state index contributed by atoms with van der Waals surface area (Å²) in [5, 5.41) is 12.6. The monoisotopic (exact) mass is 711 g/mol. The smallest absolute Gasteiger partial charge is 0.255 e. The third kappa shape index (κ3) is 7.74.